The number of esters is 1. The van der Waals surface area contributed by atoms with Gasteiger partial charge in [0.2, 0.25) is 0 Å². The van der Waals surface area contributed by atoms with Crippen LogP contribution in [0.15, 0.2) is 12.2 Å². The van der Waals surface area contributed by atoms with Gasteiger partial charge in [0.1, 0.15) is 5.60 Å². The topological polar surface area (TPSA) is 26.3 Å². The lowest BCUT2D eigenvalue weighted by molar-refractivity contribution is -0.154. The maximum absolute atomic E-state index is 11.4. The molecular weight excluding hydrogens is 164 g/mol. The van der Waals surface area contributed by atoms with Crippen molar-refractivity contribution in [3.05, 3.63) is 12.2 Å². The van der Waals surface area contributed by atoms with Crippen LogP contribution in [-0.4, -0.2) is 11.6 Å². The van der Waals surface area contributed by atoms with Gasteiger partial charge in [0.05, 0.1) is 5.92 Å². The molecule has 0 aromatic heterocycles. The second kappa shape index (κ2) is 2.17. The molecule has 0 N–H and O–H groups in total. The fourth-order valence-corrected chi connectivity index (χ4v) is 3.13. The van der Waals surface area contributed by atoms with Gasteiger partial charge in [0.15, 0.2) is 0 Å². The summed E-state index contributed by atoms with van der Waals surface area (Å²) < 4.78 is 5.52. The Morgan fingerprint density at radius 1 is 1.31 bits per heavy atom. The molecule has 13 heavy (non-hydrogen) atoms. The van der Waals surface area contributed by atoms with Crippen molar-refractivity contribution in [2.45, 2.75) is 37.7 Å². The number of fused-ring (bicyclic) bond motifs is 2. The van der Waals surface area contributed by atoms with Crippen molar-refractivity contribution in [1.29, 1.82) is 0 Å². The standard InChI is InChI=1S/C11H14O2/c1-7-8-9(7)11(13-10(8)12)5-3-2-4-6-11/h8-9H,1-6H2/t8-,9+/m1/s1. The highest BCUT2D eigenvalue weighted by molar-refractivity contribution is 5.86. The van der Waals surface area contributed by atoms with Crippen LogP contribution in [0.2, 0.25) is 0 Å². The third kappa shape index (κ3) is 0.812. The van der Waals surface area contributed by atoms with Crippen LogP contribution in [0.5, 0.6) is 0 Å². The average Bonchev–Trinajstić information content (AvgIpc) is 2.70. The zero-order valence-corrected chi connectivity index (χ0v) is 7.71. The summed E-state index contributed by atoms with van der Waals surface area (Å²) in [6.45, 7) is 3.95. The van der Waals surface area contributed by atoms with E-state index in [9.17, 15) is 4.79 Å². The van der Waals surface area contributed by atoms with Crippen molar-refractivity contribution in [1.82, 2.24) is 0 Å². The highest BCUT2D eigenvalue weighted by Gasteiger charge is 2.67. The summed E-state index contributed by atoms with van der Waals surface area (Å²) in [5, 5.41) is 0. The van der Waals surface area contributed by atoms with Gasteiger partial charge >= 0.3 is 5.97 Å². The molecule has 1 heterocycles. The fraction of sp³-hybridized carbons (Fsp3) is 0.727. The Morgan fingerprint density at radius 2 is 2.00 bits per heavy atom. The molecule has 3 rings (SSSR count). The number of hydrogen-bond acceptors (Lipinski definition) is 2. The third-order valence-electron chi connectivity index (χ3n) is 3.85. The fourth-order valence-electron chi connectivity index (χ4n) is 3.13. The molecule has 0 radical (unpaired) electrons. The summed E-state index contributed by atoms with van der Waals surface area (Å²) in [6, 6.07) is 0. The average molecular weight is 178 g/mol. The SMILES string of the molecule is C=C1[C@H]2C(=O)OC3(CCCCC3)[C@@H]12. The van der Waals surface area contributed by atoms with Crippen LogP contribution in [0.1, 0.15) is 32.1 Å². The van der Waals surface area contributed by atoms with Crippen molar-refractivity contribution < 1.29 is 9.53 Å². The first-order valence-electron chi connectivity index (χ1n) is 5.16. The molecule has 3 fully saturated rings. The van der Waals surface area contributed by atoms with E-state index in [0.717, 1.165) is 18.4 Å². The second-order valence-electron chi connectivity index (χ2n) is 4.58. The molecule has 2 nitrogen and oxygen atoms in total. The molecule has 70 valence electrons. The third-order valence-corrected chi connectivity index (χ3v) is 3.85. The van der Waals surface area contributed by atoms with E-state index in [2.05, 4.69) is 6.58 Å². The minimum absolute atomic E-state index is 0.00287. The Balaban J connectivity index is 1.91. The monoisotopic (exact) mass is 178 g/mol. The minimum Gasteiger partial charge on any atom is -0.458 e. The minimum atomic E-state index is -0.100. The van der Waals surface area contributed by atoms with Crippen LogP contribution in [0.4, 0.5) is 0 Å². The van der Waals surface area contributed by atoms with Crippen LogP contribution >= 0.6 is 0 Å². The van der Waals surface area contributed by atoms with Gasteiger partial charge in [-0.15, -0.1) is 0 Å². The first kappa shape index (κ1) is 7.60. The molecule has 1 spiro atoms. The molecule has 1 aliphatic heterocycles. The Hall–Kier alpha value is -0.790. The maximum atomic E-state index is 11.4. The van der Waals surface area contributed by atoms with E-state index in [1.54, 1.807) is 0 Å². The Labute approximate surface area is 78.0 Å². The molecular formula is C11H14O2. The summed E-state index contributed by atoms with van der Waals surface area (Å²) >= 11 is 0. The highest BCUT2D eigenvalue weighted by atomic mass is 16.6. The quantitative estimate of drug-likeness (QED) is 0.419. The largest absolute Gasteiger partial charge is 0.458 e. The van der Waals surface area contributed by atoms with E-state index in [-0.39, 0.29) is 17.5 Å². The molecule has 0 aromatic rings. The number of rotatable bonds is 0. The van der Waals surface area contributed by atoms with Crippen LogP contribution in [0.3, 0.4) is 0 Å². The smallest absolute Gasteiger partial charge is 0.314 e. The summed E-state index contributed by atoms with van der Waals surface area (Å²) in [7, 11) is 0. The lowest BCUT2D eigenvalue weighted by Gasteiger charge is -2.33. The number of ether oxygens (including phenoxy) is 1. The molecule has 1 saturated heterocycles. The van der Waals surface area contributed by atoms with Crippen LogP contribution in [0.25, 0.3) is 0 Å². The summed E-state index contributed by atoms with van der Waals surface area (Å²) in [5.74, 6) is 0.468. The van der Waals surface area contributed by atoms with Crippen molar-refractivity contribution in [2.24, 2.45) is 11.8 Å². The molecule has 0 bridgehead atoms. The predicted octanol–water partition coefficient (Wildman–Crippen LogP) is 2.05. The van der Waals surface area contributed by atoms with E-state index in [4.69, 9.17) is 4.74 Å². The van der Waals surface area contributed by atoms with Gasteiger partial charge in [-0.3, -0.25) is 4.79 Å². The van der Waals surface area contributed by atoms with Crippen molar-refractivity contribution in [3.63, 3.8) is 0 Å². The lowest BCUT2D eigenvalue weighted by Crippen LogP contribution is -2.35. The lowest BCUT2D eigenvalue weighted by atomic mass is 9.81. The van der Waals surface area contributed by atoms with Crippen molar-refractivity contribution in [2.75, 3.05) is 0 Å². The summed E-state index contributed by atoms with van der Waals surface area (Å²) in [6.07, 6.45) is 5.86. The van der Waals surface area contributed by atoms with Gasteiger partial charge in [-0.05, 0) is 25.7 Å². The summed E-state index contributed by atoms with van der Waals surface area (Å²) in [4.78, 5) is 11.4. The molecule has 2 atom stereocenters. The van der Waals surface area contributed by atoms with Gasteiger partial charge in [0, 0.05) is 5.92 Å². The van der Waals surface area contributed by atoms with Crippen LogP contribution in [0, 0.1) is 11.8 Å². The maximum Gasteiger partial charge on any atom is 0.314 e. The molecule has 2 saturated carbocycles. The van der Waals surface area contributed by atoms with Gasteiger partial charge in [-0.2, -0.15) is 0 Å². The van der Waals surface area contributed by atoms with E-state index in [0.29, 0.717) is 5.92 Å². The van der Waals surface area contributed by atoms with Crippen molar-refractivity contribution >= 4 is 5.97 Å². The zero-order valence-electron chi connectivity index (χ0n) is 7.71. The van der Waals surface area contributed by atoms with Crippen LogP contribution < -0.4 is 0 Å². The molecule has 0 unspecified atom stereocenters. The normalized spacial score (nSPS) is 40.3. The Kier molecular flexibility index (Phi) is 1.27. The van der Waals surface area contributed by atoms with E-state index >= 15 is 0 Å². The number of hydrogen-bond donors (Lipinski definition) is 0. The predicted molar refractivity (Wildman–Crippen MR) is 48.0 cm³/mol. The zero-order chi connectivity index (χ0) is 9.05. The van der Waals surface area contributed by atoms with E-state index in [1.807, 2.05) is 0 Å². The molecule has 2 heteroatoms. The Morgan fingerprint density at radius 3 is 2.54 bits per heavy atom. The highest BCUT2D eigenvalue weighted by Crippen LogP contribution is 2.62. The number of carbonyl (C=O) groups excluding carboxylic acids is 1. The van der Waals surface area contributed by atoms with Crippen LogP contribution in [-0.2, 0) is 9.53 Å². The van der Waals surface area contributed by atoms with Gasteiger partial charge in [-0.1, -0.05) is 18.6 Å². The van der Waals surface area contributed by atoms with Gasteiger partial charge in [0.25, 0.3) is 0 Å². The van der Waals surface area contributed by atoms with E-state index < -0.39 is 0 Å². The Bertz CT molecular complexity index is 286. The van der Waals surface area contributed by atoms with Gasteiger partial charge < -0.3 is 4.74 Å². The first-order valence-corrected chi connectivity index (χ1v) is 5.16. The molecule has 3 aliphatic rings. The second-order valence-corrected chi connectivity index (χ2v) is 4.58. The summed E-state index contributed by atoms with van der Waals surface area (Å²) in [5.41, 5.74) is 1.04. The van der Waals surface area contributed by atoms with E-state index in [1.165, 1.54) is 19.3 Å². The van der Waals surface area contributed by atoms with Gasteiger partial charge in [-0.25, -0.2) is 0 Å². The molecule has 2 aliphatic carbocycles. The number of carbonyl (C=O) groups is 1. The molecule has 0 aromatic carbocycles. The molecule has 0 amide bonds. The first-order chi connectivity index (χ1) is 6.25. The van der Waals surface area contributed by atoms with Crippen molar-refractivity contribution in [3.8, 4) is 0 Å².